The predicted molar refractivity (Wildman–Crippen MR) is 124 cm³/mol. The Morgan fingerprint density at radius 2 is 2.06 bits per heavy atom. The molecule has 12 nitrogen and oxygen atoms in total. The standard InChI is InChI=1S/C20H32FN5O6S.CH2O/c1-31-11-8-22-14-20(19(28)24-29)7-4-16(13-27)26(20)33(30)25-9-5-17(6-10-25)32-18-3-2-15(21)12-23-18;1-2/h2-3,12,16-17,22,27,29H,4-11,13-14H2,1H3,(H,24,28);1H2. The number of nitrogens with one attached hydrogen (secondary N) is 2. The van der Waals surface area contributed by atoms with E-state index >= 15 is 0 Å². The normalized spacial score (nSPS) is 24.4. The third kappa shape index (κ3) is 7.22. The number of piperidine rings is 1. The first-order valence-corrected chi connectivity index (χ1v) is 12.3. The van der Waals surface area contributed by atoms with Crippen molar-refractivity contribution in [1.82, 2.24) is 24.4 Å². The summed E-state index contributed by atoms with van der Waals surface area (Å²) >= 11 is -1.73. The lowest BCUT2D eigenvalue weighted by molar-refractivity contribution is -0.138. The maximum Gasteiger partial charge on any atom is 0.266 e. The summed E-state index contributed by atoms with van der Waals surface area (Å²) in [6, 6.07) is 2.25. The van der Waals surface area contributed by atoms with Crippen LogP contribution in [0.15, 0.2) is 18.3 Å². The van der Waals surface area contributed by atoms with E-state index in [2.05, 4.69) is 10.3 Å². The second kappa shape index (κ2) is 14.5. The fraction of sp³-hybridized carbons (Fsp3) is 0.667. The minimum Gasteiger partial charge on any atom is -0.474 e. The number of pyridine rings is 1. The molecule has 198 valence electrons. The molecule has 3 rings (SSSR count). The van der Waals surface area contributed by atoms with Gasteiger partial charge in [-0.2, -0.15) is 4.31 Å². The Morgan fingerprint density at radius 1 is 1.34 bits per heavy atom. The van der Waals surface area contributed by atoms with Crippen LogP contribution in [0.25, 0.3) is 0 Å². The van der Waals surface area contributed by atoms with Gasteiger partial charge in [-0.15, -0.1) is 0 Å². The molecule has 1 aromatic heterocycles. The Balaban J connectivity index is 0.00000210. The van der Waals surface area contributed by atoms with Gasteiger partial charge in [0.05, 0.1) is 19.4 Å². The average Bonchev–Trinajstić information content (AvgIpc) is 3.28. The van der Waals surface area contributed by atoms with E-state index in [4.69, 9.17) is 14.3 Å². The monoisotopic (exact) mass is 519 g/mol. The van der Waals surface area contributed by atoms with Crippen LogP contribution in [-0.4, -0.2) is 105 Å². The maximum atomic E-state index is 13.6. The molecule has 0 spiro atoms. The Hall–Kier alpha value is -2.07. The first-order chi connectivity index (χ1) is 16.9. The minimum absolute atomic E-state index is 0.140. The molecule has 2 saturated heterocycles. The number of hydroxylamine groups is 1. The van der Waals surface area contributed by atoms with Crippen LogP contribution < -0.4 is 15.5 Å². The van der Waals surface area contributed by atoms with Crippen molar-refractivity contribution >= 4 is 23.9 Å². The zero-order valence-electron chi connectivity index (χ0n) is 19.7. The van der Waals surface area contributed by atoms with Gasteiger partial charge in [0.25, 0.3) is 5.91 Å². The average molecular weight is 520 g/mol. The van der Waals surface area contributed by atoms with E-state index in [0.717, 1.165) is 6.20 Å². The lowest BCUT2D eigenvalue weighted by atomic mass is 9.96. The molecule has 0 saturated carbocycles. The second-order valence-electron chi connectivity index (χ2n) is 8.13. The third-order valence-electron chi connectivity index (χ3n) is 6.06. The molecule has 2 fully saturated rings. The molecule has 1 amide bonds. The van der Waals surface area contributed by atoms with Crippen molar-refractivity contribution in [2.45, 2.75) is 43.4 Å². The number of methoxy groups -OCH3 is 1. The summed E-state index contributed by atoms with van der Waals surface area (Å²) in [7, 11) is 1.57. The van der Waals surface area contributed by atoms with Gasteiger partial charge in [0.15, 0.2) is 11.2 Å². The van der Waals surface area contributed by atoms with E-state index < -0.39 is 34.5 Å². The molecule has 2 aliphatic heterocycles. The van der Waals surface area contributed by atoms with E-state index in [0.29, 0.717) is 57.8 Å². The number of halogens is 1. The molecule has 1 aromatic rings. The molecule has 14 heteroatoms. The van der Waals surface area contributed by atoms with E-state index in [9.17, 15) is 23.7 Å². The van der Waals surface area contributed by atoms with E-state index in [1.165, 1.54) is 16.4 Å². The Morgan fingerprint density at radius 3 is 2.63 bits per heavy atom. The molecule has 3 unspecified atom stereocenters. The summed E-state index contributed by atoms with van der Waals surface area (Å²) in [4.78, 5) is 24.7. The number of hydrogen-bond donors (Lipinski definition) is 4. The molecular formula is C21H34FN5O7S. The largest absolute Gasteiger partial charge is 0.474 e. The summed E-state index contributed by atoms with van der Waals surface area (Å²) in [6.07, 6.45) is 2.84. The van der Waals surface area contributed by atoms with Gasteiger partial charge >= 0.3 is 0 Å². The number of hydrogen-bond acceptors (Lipinski definition) is 9. The molecule has 35 heavy (non-hydrogen) atoms. The van der Waals surface area contributed by atoms with E-state index in [-0.39, 0.29) is 19.3 Å². The summed E-state index contributed by atoms with van der Waals surface area (Å²) < 4.78 is 40.8. The van der Waals surface area contributed by atoms with Gasteiger partial charge in [-0.05, 0) is 31.7 Å². The molecule has 3 atom stereocenters. The molecular weight excluding hydrogens is 485 g/mol. The van der Waals surface area contributed by atoms with Crippen molar-refractivity contribution < 1.29 is 38.0 Å². The first-order valence-electron chi connectivity index (χ1n) is 11.2. The number of ether oxygens (including phenoxy) is 2. The molecule has 4 N–H and O–H groups in total. The van der Waals surface area contributed by atoms with Crippen molar-refractivity contribution in [3.05, 3.63) is 24.1 Å². The number of aliphatic hydroxyl groups excluding tert-OH is 1. The topological polar surface area (TPSA) is 154 Å². The van der Waals surface area contributed by atoms with Crippen LogP contribution in [0.4, 0.5) is 4.39 Å². The molecule has 0 bridgehead atoms. The van der Waals surface area contributed by atoms with Crippen LogP contribution in [0, 0.1) is 5.82 Å². The zero-order valence-corrected chi connectivity index (χ0v) is 20.5. The Bertz CT molecular complexity index is 816. The van der Waals surface area contributed by atoms with Crippen molar-refractivity contribution in [2.24, 2.45) is 0 Å². The van der Waals surface area contributed by atoms with Crippen molar-refractivity contribution in [2.75, 3.05) is 46.5 Å². The van der Waals surface area contributed by atoms with Crippen LogP contribution in [0.2, 0.25) is 0 Å². The number of rotatable bonds is 11. The summed E-state index contributed by atoms with van der Waals surface area (Å²) in [5, 5.41) is 22.5. The van der Waals surface area contributed by atoms with Crippen LogP contribution in [0.3, 0.4) is 0 Å². The number of carbonyl (C=O) groups is 2. The van der Waals surface area contributed by atoms with E-state index in [1.807, 2.05) is 6.79 Å². The summed E-state index contributed by atoms with van der Waals surface area (Å²) in [5.74, 6) is -0.780. The number of nitrogens with zero attached hydrogens (tertiary/aromatic N) is 3. The smallest absolute Gasteiger partial charge is 0.266 e. The Kier molecular flexibility index (Phi) is 12.1. The fourth-order valence-electron chi connectivity index (χ4n) is 4.29. The van der Waals surface area contributed by atoms with Crippen molar-refractivity contribution in [1.29, 1.82) is 0 Å². The molecule has 0 aliphatic carbocycles. The predicted octanol–water partition coefficient (Wildman–Crippen LogP) is -0.605. The number of aliphatic hydroxyl groups is 1. The Labute approximate surface area is 206 Å². The highest BCUT2D eigenvalue weighted by atomic mass is 32.2. The number of amides is 1. The van der Waals surface area contributed by atoms with Gasteiger partial charge in [-0.25, -0.2) is 23.4 Å². The van der Waals surface area contributed by atoms with Gasteiger partial charge in [-0.1, -0.05) is 0 Å². The highest BCUT2D eigenvalue weighted by molar-refractivity contribution is 7.80. The van der Waals surface area contributed by atoms with Crippen molar-refractivity contribution in [3.63, 3.8) is 0 Å². The number of aromatic nitrogens is 1. The number of carbonyl (C=O) groups excluding carboxylic acids is 2. The van der Waals surface area contributed by atoms with Gasteiger partial charge < -0.3 is 24.7 Å². The zero-order chi connectivity index (χ0) is 25.8. The molecule has 0 radical (unpaired) electrons. The fourth-order valence-corrected chi connectivity index (χ4v) is 6.03. The summed E-state index contributed by atoms with van der Waals surface area (Å²) in [6.45, 7) is 3.64. The minimum atomic E-state index is -1.73. The van der Waals surface area contributed by atoms with Crippen LogP contribution in [0.1, 0.15) is 25.7 Å². The van der Waals surface area contributed by atoms with Gasteiger partial charge in [0, 0.05) is 45.4 Å². The molecule has 3 heterocycles. The third-order valence-corrected chi connectivity index (χ3v) is 7.85. The van der Waals surface area contributed by atoms with E-state index in [1.54, 1.807) is 16.9 Å². The lowest BCUT2D eigenvalue weighted by Gasteiger charge is -2.41. The highest BCUT2D eigenvalue weighted by Crippen LogP contribution is 2.37. The highest BCUT2D eigenvalue weighted by Gasteiger charge is 2.55. The maximum absolute atomic E-state index is 13.6. The van der Waals surface area contributed by atoms with Crippen LogP contribution >= 0.6 is 0 Å². The van der Waals surface area contributed by atoms with Gasteiger partial charge in [-0.3, -0.25) is 10.0 Å². The van der Waals surface area contributed by atoms with Crippen LogP contribution in [-0.2, 0) is 25.5 Å². The summed E-state index contributed by atoms with van der Waals surface area (Å²) in [5.41, 5.74) is 0.434. The first kappa shape index (κ1) is 29.2. The van der Waals surface area contributed by atoms with Crippen LogP contribution in [0.5, 0.6) is 5.88 Å². The second-order valence-corrected chi connectivity index (χ2v) is 9.51. The van der Waals surface area contributed by atoms with Gasteiger partial charge in [0.1, 0.15) is 24.2 Å². The SMILES string of the molecule is C=O.COCCNCC1(C(=O)NO)CCC(CO)N1S(=O)N1CCC(Oc2ccc(F)cn2)CC1. The lowest BCUT2D eigenvalue weighted by Crippen LogP contribution is -2.64. The molecule has 2 aliphatic rings. The molecule has 0 aromatic carbocycles. The quantitative estimate of drug-likeness (QED) is 0.170. The van der Waals surface area contributed by atoms with Crippen molar-refractivity contribution in [3.8, 4) is 5.88 Å². The van der Waals surface area contributed by atoms with Gasteiger partial charge in [0.2, 0.25) is 5.88 Å².